The predicted molar refractivity (Wildman–Crippen MR) is 139 cm³/mol. The maximum Gasteiger partial charge on any atom is 0.434 e. The molecule has 4 aliphatic heterocycles. The lowest BCUT2D eigenvalue weighted by Gasteiger charge is -2.52. The maximum atomic E-state index is 12.8. The standard InChI is InChI=1S/C27H33ClF6N4O3/c1-18(39)35-8-4-24(5-9-35)6-10-36(15-24)21-12-19(11-20(28)13-21)14-38-7-2-3-25(38)16-37(17-25)23(40)41-22(26(29,30)31)27(32,33)34/h11-13,22H,2-10,14-17H2,1H3. The smallest absolute Gasteiger partial charge is 0.426 e. The van der Waals surface area contributed by atoms with Gasteiger partial charge in [-0.3, -0.25) is 9.69 Å². The van der Waals surface area contributed by atoms with E-state index in [-0.39, 0.29) is 24.4 Å². The number of ether oxygens (including phenoxy) is 1. The van der Waals surface area contributed by atoms with Gasteiger partial charge in [-0.25, -0.2) is 4.79 Å². The van der Waals surface area contributed by atoms with Gasteiger partial charge in [-0.15, -0.1) is 0 Å². The average molecular weight is 611 g/mol. The Morgan fingerprint density at radius 2 is 1.54 bits per heavy atom. The number of hydrogen-bond donors (Lipinski definition) is 0. The molecule has 0 aromatic heterocycles. The number of piperidine rings is 1. The number of hydrogen-bond acceptors (Lipinski definition) is 5. The molecule has 41 heavy (non-hydrogen) atoms. The van der Waals surface area contributed by atoms with Crippen LogP contribution in [0.5, 0.6) is 0 Å². The van der Waals surface area contributed by atoms with Crippen molar-refractivity contribution in [1.29, 1.82) is 0 Å². The molecule has 1 aromatic carbocycles. The van der Waals surface area contributed by atoms with Crippen LogP contribution >= 0.6 is 11.6 Å². The number of benzene rings is 1. The number of likely N-dealkylation sites (tertiary alicyclic amines) is 3. The molecule has 0 saturated carbocycles. The first kappa shape index (κ1) is 30.1. The monoisotopic (exact) mass is 610 g/mol. The zero-order valence-electron chi connectivity index (χ0n) is 22.7. The highest BCUT2D eigenvalue weighted by Crippen LogP contribution is 2.44. The van der Waals surface area contributed by atoms with Crippen LogP contribution in [0.25, 0.3) is 0 Å². The largest absolute Gasteiger partial charge is 0.434 e. The van der Waals surface area contributed by atoms with E-state index in [1.807, 2.05) is 17.0 Å². The first-order chi connectivity index (χ1) is 19.1. The third-order valence-corrected chi connectivity index (χ3v) is 9.39. The molecule has 0 radical (unpaired) electrons. The number of alkyl halides is 6. The summed E-state index contributed by atoms with van der Waals surface area (Å²) in [6.45, 7) is 6.02. The van der Waals surface area contributed by atoms with Gasteiger partial charge in [0.25, 0.3) is 6.10 Å². The second-order valence-corrected chi connectivity index (χ2v) is 12.4. The Morgan fingerprint density at radius 1 is 0.902 bits per heavy atom. The van der Waals surface area contributed by atoms with Crippen molar-refractivity contribution >= 4 is 29.3 Å². The van der Waals surface area contributed by atoms with Gasteiger partial charge < -0.3 is 19.4 Å². The van der Waals surface area contributed by atoms with Crippen LogP contribution in [-0.4, -0.2) is 96.5 Å². The molecule has 0 aliphatic carbocycles. The molecule has 2 spiro atoms. The summed E-state index contributed by atoms with van der Waals surface area (Å²) in [4.78, 5) is 31.2. The summed E-state index contributed by atoms with van der Waals surface area (Å²) in [5.74, 6) is 0.104. The van der Waals surface area contributed by atoms with Gasteiger partial charge in [0.05, 0.1) is 5.54 Å². The molecule has 0 N–H and O–H groups in total. The van der Waals surface area contributed by atoms with Crippen molar-refractivity contribution in [1.82, 2.24) is 14.7 Å². The van der Waals surface area contributed by atoms with Crippen LogP contribution in [0.1, 0.15) is 44.6 Å². The van der Waals surface area contributed by atoms with Crippen molar-refractivity contribution in [2.24, 2.45) is 5.41 Å². The molecule has 0 atom stereocenters. The number of anilines is 1. The SMILES string of the molecule is CC(=O)N1CCC2(CC1)CCN(c1cc(Cl)cc(CN3CCCC34CN(C(=O)OC(C(F)(F)F)C(F)(F)F)C4)c1)C2. The molecule has 4 saturated heterocycles. The minimum Gasteiger partial charge on any atom is -0.426 e. The maximum absolute atomic E-state index is 12.8. The van der Waals surface area contributed by atoms with Crippen molar-refractivity contribution in [2.45, 2.75) is 69.6 Å². The second-order valence-electron chi connectivity index (χ2n) is 11.9. The van der Waals surface area contributed by atoms with E-state index in [4.69, 9.17) is 11.6 Å². The van der Waals surface area contributed by atoms with Crippen LogP contribution < -0.4 is 4.90 Å². The second kappa shape index (κ2) is 10.7. The highest BCUT2D eigenvalue weighted by Gasteiger charge is 2.61. The van der Waals surface area contributed by atoms with Crippen molar-refractivity contribution in [3.8, 4) is 0 Å². The van der Waals surface area contributed by atoms with Crippen molar-refractivity contribution in [3.05, 3.63) is 28.8 Å². The van der Waals surface area contributed by atoms with E-state index in [2.05, 4.69) is 20.6 Å². The van der Waals surface area contributed by atoms with E-state index in [0.717, 1.165) is 68.0 Å². The van der Waals surface area contributed by atoms with Crippen LogP contribution in [0.15, 0.2) is 18.2 Å². The lowest BCUT2D eigenvalue weighted by atomic mass is 9.78. The fraction of sp³-hybridized carbons (Fsp3) is 0.704. The summed E-state index contributed by atoms with van der Waals surface area (Å²) in [5, 5.41) is 0.572. The summed E-state index contributed by atoms with van der Waals surface area (Å²) < 4.78 is 80.9. The number of nitrogens with zero attached hydrogens (tertiary/aromatic N) is 4. The molecule has 1 aromatic rings. The number of carbonyl (C=O) groups excluding carboxylic acids is 2. The molecule has 14 heteroatoms. The highest BCUT2D eigenvalue weighted by atomic mass is 35.5. The van der Waals surface area contributed by atoms with E-state index >= 15 is 0 Å². The molecule has 4 heterocycles. The van der Waals surface area contributed by atoms with Crippen molar-refractivity contribution in [2.75, 3.05) is 50.7 Å². The third kappa shape index (κ3) is 6.21. The van der Waals surface area contributed by atoms with E-state index in [0.29, 0.717) is 24.5 Å². The first-order valence-electron chi connectivity index (χ1n) is 13.7. The summed E-state index contributed by atoms with van der Waals surface area (Å²) in [5.41, 5.74) is 1.57. The zero-order valence-corrected chi connectivity index (χ0v) is 23.4. The van der Waals surface area contributed by atoms with Gasteiger partial charge in [0.15, 0.2) is 0 Å². The van der Waals surface area contributed by atoms with Gasteiger partial charge in [0, 0.05) is 63.4 Å². The molecule has 0 bridgehead atoms. The number of amides is 2. The molecule has 7 nitrogen and oxygen atoms in total. The van der Waals surface area contributed by atoms with Gasteiger partial charge in [-0.05, 0) is 67.8 Å². The van der Waals surface area contributed by atoms with Gasteiger partial charge in [0.1, 0.15) is 0 Å². The number of carbonyl (C=O) groups is 2. The van der Waals surface area contributed by atoms with Crippen molar-refractivity contribution < 1.29 is 40.7 Å². The summed E-state index contributed by atoms with van der Waals surface area (Å²) in [7, 11) is 0. The highest BCUT2D eigenvalue weighted by molar-refractivity contribution is 6.30. The van der Waals surface area contributed by atoms with Crippen LogP contribution in [0.3, 0.4) is 0 Å². The van der Waals surface area contributed by atoms with E-state index in [1.54, 1.807) is 6.92 Å². The summed E-state index contributed by atoms with van der Waals surface area (Å²) >= 11 is 6.51. The lowest BCUT2D eigenvalue weighted by molar-refractivity contribution is -0.309. The van der Waals surface area contributed by atoms with E-state index in [1.165, 1.54) is 0 Å². The molecule has 2 amide bonds. The average Bonchev–Trinajstić information content (AvgIpc) is 3.45. The van der Waals surface area contributed by atoms with Gasteiger partial charge >= 0.3 is 18.4 Å². The van der Waals surface area contributed by atoms with Gasteiger partial charge in [-0.2, -0.15) is 26.3 Å². The minimum absolute atomic E-state index is 0.00633. The van der Waals surface area contributed by atoms with Crippen LogP contribution in [-0.2, 0) is 16.1 Å². The number of halogens is 7. The molecule has 4 fully saturated rings. The van der Waals surface area contributed by atoms with Gasteiger partial charge in [-0.1, -0.05) is 11.6 Å². The zero-order chi connectivity index (χ0) is 29.8. The van der Waals surface area contributed by atoms with Crippen LogP contribution in [0.4, 0.5) is 36.8 Å². The van der Waals surface area contributed by atoms with Crippen LogP contribution in [0, 0.1) is 5.41 Å². The molecule has 228 valence electrons. The normalized spacial score (nSPS) is 22.6. The van der Waals surface area contributed by atoms with E-state index in [9.17, 15) is 35.9 Å². The molecule has 5 rings (SSSR count). The van der Waals surface area contributed by atoms with Gasteiger partial charge in [0.2, 0.25) is 5.91 Å². The molecule has 0 unspecified atom stereocenters. The lowest BCUT2D eigenvalue weighted by Crippen LogP contribution is -2.69. The van der Waals surface area contributed by atoms with Crippen LogP contribution in [0.2, 0.25) is 5.02 Å². The minimum atomic E-state index is -5.75. The van der Waals surface area contributed by atoms with E-state index < -0.39 is 30.1 Å². The topological polar surface area (TPSA) is 56.3 Å². The Labute approximate surface area is 239 Å². The molecular weight excluding hydrogens is 578 g/mol. The Morgan fingerprint density at radius 3 is 2.15 bits per heavy atom. The fourth-order valence-corrected chi connectivity index (χ4v) is 7.13. The summed E-state index contributed by atoms with van der Waals surface area (Å²) in [6, 6.07) is 5.85. The van der Waals surface area contributed by atoms with Crippen molar-refractivity contribution in [3.63, 3.8) is 0 Å². The Balaban J connectivity index is 1.21. The first-order valence-corrected chi connectivity index (χ1v) is 14.1. The summed E-state index contributed by atoms with van der Waals surface area (Å²) in [6.07, 6.45) is -12.9. The predicted octanol–water partition coefficient (Wildman–Crippen LogP) is 5.46. The molecular formula is C27H33ClF6N4O3. The Bertz CT molecular complexity index is 1150. The Hall–Kier alpha value is -2.41. The number of rotatable bonds is 4. The Kier molecular flexibility index (Phi) is 7.84. The quantitative estimate of drug-likeness (QED) is 0.424. The fourth-order valence-electron chi connectivity index (χ4n) is 6.87. The molecule has 4 aliphatic rings. The third-order valence-electron chi connectivity index (χ3n) is 9.17.